The largest absolute Gasteiger partial charge is 0.465 e. The van der Waals surface area contributed by atoms with Crippen molar-refractivity contribution in [1.82, 2.24) is 5.32 Å². The van der Waals surface area contributed by atoms with E-state index in [0.717, 1.165) is 5.56 Å². The van der Waals surface area contributed by atoms with E-state index >= 15 is 0 Å². The number of halogens is 1. The third kappa shape index (κ3) is 2.36. The molecule has 0 radical (unpaired) electrons. The lowest BCUT2D eigenvalue weighted by molar-refractivity contribution is -0.145. The Kier molecular flexibility index (Phi) is 3.46. The first-order chi connectivity index (χ1) is 7.70. The van der Waals surface area contributed by atoms with Gasteiger partial charge in [0, 0.05) is 11.6 Å². The lowest BCUT2D eigenvalue weighted by Gasteiger charge is -2.24. The van der Waals surface area contributed by atoms with Crippen LogP contribution in [0, 0.1) is 0 Å². The maximum atomic E-state index is 11.6. The van der Waals surface area contributed by atoms with E-state index in [1.165, 1.54) is 5.56 Å². The standard InChI is InChI=1S/C12H14ClNO2/c1-2-16-12(15)11-6-9-5-10(13)4-3-8(9)7-14-11/h3-5,11,14H,2,6-7H2,1H3. The first kappa shape index (κ1) is 11.4. The second-order valence-electron chi connectivity index (χ2n) is 3.80. The molecule has 1 aromatic carbocycles. The number of carbonyl (C=O) groups is 1. The fourth-order valence-corrected chi connectivity index (χ4v) is 2.09. The first-order valence-corrected chi connectivity index (χ1v) is 5.76. The highest BCUT2D eigenvalue weighted by Gasteiger charge is 2.24. The summed E-state index contributed by atoms with van der Waals surface area (Å²) in [5.74, 6) is -0.187. The monoisotopic (exact) mass is 239 g/mol. The fourth-order valence-electron chi connectivity index (χ4n) is 1.89. The molecular formula is C12H14ClNO2. The van der Waals surface area contributed by atoms with Crippen molar-refractivity contribution in [3.05, 3.63) is 34.3 Å². The summed E-state index contributed by atoms with van der Waals surface area (Å²) < 4.78 is 4.99. The molecule has 0 saturated heterocycles. The van der Waals surface area contributed by atoms with Gasteiger partial charge in [0.05, 0.1) is 6.61 Å². The summed E-state index contributed by atoms with van der Waals surface area (Å²) in [7, 11) is 0. The number of benzene rings is 1. The molecule has 0 spiro atoms. The Hall–Kier alpha value is -1.06. The minimum absolute atomic E-state index is 0.187. The van der Waals surface area contributed by atoms with Gasteiger partial charge in [0.1, 0.15) is 6.04 Å². The van der Waals surface area contributed by atoms with Crippen LogP contribution < -0.4 is 5.32 Å². The van der Waals surface area contributed by atoms with Gasteiger partial charge in [-0.2, -0.15) is 0 Å². The van der Waals surface area contributed by atoms with Crippen molar-refractivity contribution in [2.45, 2.75) is 25.9 Å². The van der Waals surface area contributed by atoms with Crippen LogP contribution in [0.5, 0.6) is 0 Å². The Morgan fingerprint density at radius 3 is 3.12 bits per heavy atom. The van der Waals surface area contributed by atoms with Crippen molar-refractivity contribution in [2.75, 3.05) is 6.61 Å². The highest BCUT2D eigenvalue weighted by Crippen LogP contribution is 2.21. The zero-order valence-corrected chi connectivity index (χ0v) is 9.88. The highest BCUT2D eigenvalue weighted by molar-refractivity contribution is 6.30. The van der Waals surface area contributed by atoms with Crippen molar-refractivity contribution < 1.29 is 9.53 Å². The summed E-state index contributed by atoms with van der Waals surface area (Å²) >= 11 is 5.93. The van der Waals surface area contributed by atoms with Gasteiger partial charge in [-0.1, -0.05) is 17.7 Å². The van der Waals surface area contributed by atoms with E-state index in [0.29, 0.717) is 24.6 Å². The van der Waals surface area contributed by atoms with Crippen molar-refractivity contribution in [3.8, 4) is 0 Å². The fraction of sp³-hybridized carbons (Fsp3) is 0.417. The van der Waals surface area contributed by atoms with Crippen molar-refractivity contribution in [3.63, 3.8) is 0 Å². The summed E-state index contributed by atoms with van der Waals surface area (Å²) in [6, 6.07) is 5.54. The van der Waals surface area contributed by atoms with Crippen LogP contribution in [-0.4, -0.2) is 18.6 Å². The van der Waals surface area contributed by atoms with E-state index < -0.39 is 0 Å². The molecule has 0 fully saturated rings. The first-order valence-electron chi connectivity index (χ1n) is 5.38. The number of rotatable bonds is 2. The van der Waals surface area contributed by atoms with E-state index in [2.05, 4.69) is 5.32 Å². The van der Waals surface area contributed by atoms with E-state index in [4.69, 9.17) is 16.3 Å². The van der Waals surface area contributed by atoms with Crippen LogP contribution in [0.4, 0.5) is 0 Å². The lowest BCUT2D eigenvalue weighted by atomic mass is 9.96. The van der Waals surface area contributed by atoms with Gasteiger partial charge >= 0.3 is 5.97 Å². The highest BCUT2D eigenvalue weighted by atomic mass is 35.5. The van der Waals surface area contributed by atoms with E-state index in [-0.39, 0.29) is 12.0 Å². The third-order valence-corrected chi connectivity index (χ3v) is 2.94. The zero-order valence-electron chi connectivity index (χ0n) is 9.13. The number of nitrogens with one attached hydrogen (secondary N) is 1. The molecule has 1 unspecified atom stereocenters. The molecule has 1 aliphatic heterocycles. The summed E-state index contributed by atoms with van der Waals surface area (Å²) in [6.45, 7) is 2.92. The molecule has 0 aliphatic carbocycles. The molecule has 16 heavy (non-hydrogen) atoms. The zero-order chi connectivity index (χ0) is 11.5. The lowest BCUT2D eigenvalue weighted by Crippen LogP contribution is -2.42. The van der Waals surface area contributed by atoms with E-state index in [1.54, 1.807) is 0 Å². The molecule has 4 heteroatoms. The Balaban J connectivity index is 2.13. The van der Waals surface area contributed by atoms with Crippen molar-refractivity contribution >= 4 is 17.6 Å². The van der Waals surface area contributed by atoms with Crippen molar-refractivity contribution in [1.29, 1.82) is 0 Å². The quantitative estimate of drug-likeness (QED) is 0.802. The van der Waals surface area contributed by atoms with Gasteiger partial charge in [0.2, 0.25) is 0 Å². The average molecular weight is 240 g/mol. The third-order valence-electron chi connectivity index (χ3n) is 2.70. The average Bonchev–Trinajstić information content (AvgIpc) is 2.28. The SMILES string of the molecule is CCOC(=O)C1Cc2cc(Cl)ccc2CN1. The molecule has 1 aliphatic rings. The molecule has 1 aromatic rings. The predicted molar refractivity (Wildman–Crippen MR) is 62.4 cm³/mol. The Labute approximate surface area is 99.7 Å². The number of hydrogen-bond acceptors (Lipinski definition) is 3. The summed E-state index contributed by atoms with van der Waals surface area (Å²) in [6.07, 6.45) is 0.648. The predicted octanol–water partition coefficient (Wildman–Crippen LogP) is 1.92. The van der Waals surface area contributed by atoms with Crippen LogP contribution in [0.2, 0.25) is 5.02 Å². The molecule has 0 bridgehead atoms. The Morgan fingerprint density at radius 1 is 1.56 bits per heavy atom. The minimum atomic E-state index is -0.245. The summed E-state index contributed by atoms with van der Waals surface area (Å²) in [5.41, 5.74) is 2.33. The minimum Gasteiger partial charge on any atom is -0.465 e. The maximum absolute atomic E-state index is 11.6. The molecule has 1 N–H and O–H groups in total. The molecule has 0 saturated carbocycles. The molecule has 86 valence electrons. The number of ether oxygens (including phenoxy) is 1. The van der Waals surface area contributed by atoms with Gasteiger partial charge in [0.15, 0.2) is 0 Å². The van der Waals surface area contributed by atoms with E-state index in [9.17, 15) is 4.79 Å². The van der Waals surface area contributed by atoms with Crippen LogP contribution in [0.25, 0.3) is 0 Å². The topological polar surface area (TPSA) is 38.3 Å². The second kappa shape index (κ2) is 4.85. The molecule has 1 atom stereocenters. The summed E-state index contributed by atoms with van der Waals surface area (Å²) in [5, 5.41) is 3.87. The molecule has 2 rings (SSSR count). The summed E-state index contributed by atoms with van der Waals surface area (Å²) in [4.78, 5) is 11.6. The van der Waals surface area contributed by atoms with Crippen LogP contribution in [0.3, 0.4) is 0 Å². The second-order valence-corrected chi connectivity index (χ2v) is 4.24. The van der Waals surface area contributed by atoms with Crippen LogP contribution >= 0.6 is 11.6 Å². The van der Waals surface area contributed by atoms with Crippen LogP contribution in [0.15, 0.2) is 18.2 Å². The maximum Gasteiger partial charge on any atom is 0.323 e. The molecule has 1 heterocycles. The molecular weight excluding hydrogens is 226 g/mol. The van der Waals surface area contributed by atoms with Gasteiger partial charge in [0.25, 0.3) is 0 Å². The van der Waals surface area contributed by atoms with Crippen LogP contribution in [0.1, 0.15) is 18.1 Å². The van der Waals surface area contributed by atoms with E-state index in [1.807, 2.05) is 25.1 Å². The number of esters is 1. The molecule has 0 aromatic heterocycles. The Morgan fingerprint density at radius 2 is 2.38 bits per heavy atom. The molecule has 3 nitrogen and oxygen atoms in total. The normalized spacial score (nSPS) is 19.0. The molecule has 0 amide bonds. The van der Waals surface area contributed by atoms with Crippen LogP contribution in [-0.2, 0) is 22.5 Å². The van der Waals surface area contributed by atoms with Gasteiger partial charge in [-0.05, 0) is 36.6 Å². The number of fused-ring (bicyclic) bond motifs is 1. The smallest absolute Gasteiger partial charge is 0.323 e. The van der Waals surface area contributed by atoms with Gasteiger partial charge in [-0.3, -0.25) is 4.79 Å². The number of hydrogen-bond donors (Lipinski definition) is 1. The number of carbonyl (C=O) groups excluding carboxylic acids is 1. The van der Waals surface area contributed by atoms with Gasteiger partial charge in [-0.15, -0.1) is 0 Å². The van der Waals surface area contributed by atoms with Gasteiger partial charge < -0.3 is 10.1 Å². The van der Waals surface area contributed by atoms with Gasteiger partial charge in [-0.25, -0.2) is 0 Å². The van der Waals surface area contributed by atoms with Crippen molar-refractivity contribution in [2.24, 2.45) is 0 Å². The Bertz CT molecular complexity index is 406.